The van der Waals surface area contributed by atoms with Gasteiger partial charge in [0.2, 0.25) is 0 Å². The first kappa shape index (κ1) is 18.7. The molecule has 0 fully saturated rings. The maximum atomic E-state index is 4.25. The SMILES string of the molecule is [Ir].c1ccc(-c2ccccn2)cc1.c1ccc(-c2ccccn2)cc1. The van der Waals surface area contributed by atoms with Gasteiger partial charge in [-0.2, -0.15) is 0 Å². The van der Waals surface area contributed by atoms with E-state index in [0.29, 0.717) is 0 Å². The summed E-state index contributed by atoms with van der Waals surface area (Å²) in [6.07, 6.45) is 3.62. The van der Waals surface area contributed by atoms with Crippen LogP contribution in [0.15, 0.2) is 109 Å². The number of benzene rings is 2. The molecule has 0 spiro atoms. The van der Waals surface area contributed by atoms with Gasteiger partial charge >= 0.3 is 0 Å². The largest absolute Gasteiger partial charge is 0.256 e. The molecule has 0 saturated heterocycles. The Bertz CT molecular complexity index is 686. The van der Waals surface area contributed by atoms with Crippen molar-refractivity contribution in [2.75, 3.05) is 0 Å². The Morgan fingerprint density at radius 2 is 0.760 bits per heavy atom. The molecule has 0 unspecified atom stereocenters. The van der Waals surface area contributed by atoms with Crippen molar-refractivity contribution in [1.82, 2.24) is 9.97 Å². The van der Waals surface area contributed by atoms with Crippen LogP contribution in [0.1, 0.15) is 0 Å². The van der Waals surface area contributed by atoms with Crippen LogP contribution in [0.3, 0.4) is 0 Å². The second kappa shape index (κ2) is 10.3. The van der Waals surface area contributed by atoms with E-state index in [1.54, 1.807) is 0 Å². The molecule has 2 heterocycles. The average molecular weight is 503 g/mol. The van der Waals surface area contributed by atoms with Gasteiger partial charge in [0.15, 0.2) is 0 Å². The molecule has 2 nitrogen and oxygen atoms in total. The summed E-state index contributed by atoms with van der Waals surface area (Å²) in [5, 5.41) is 0. The molecule has 4 rings (SSSR count). The van der Waals surface area contributed by atoms with E-state index in [2.05, 4.69) is 34.2 Å². The summed E-state index contributed by atoms with van der Waals surface area (Å²) in [5.41, 5.74) is 4.38. The molecule has 0 saturated carbocycles. The maximum absolute atomic E-state index is 4.25. The molecule has 0 aliphatic carbocycles. The van der Waals surface area contributed by atoms with Crippen LogP contribution >= 0.6 is 0 Å². The number of hydrogen-bond acceptors (Lipinski definition) is 2. The third-order valence-corrected chi connectivity index (χ3v) is 3.47. The van der Waals surface area contributed by atoms with Gasteiger partial charge in [0.25, 0.3) is 0 Å². The molecular weight excluding hydrogens is 484 g/mol. The zero-order valence-corrected chi connectivity index (χ0v) is 16.0. The van der Waals surface area contributed by atoms with Gasteiger partial charge in [-0.05, 0) is 24.3 Å². The van der Waals surface area contributed by atoms with Crippen LogP contribution in [-0.2, 0) is 20.1 Å². The number of aromatic nitrogens is 2. The number of rotatable bonds is 2. The van der Waals surface area contributed by atoms with Crippen LogP contribution in [0, 0.1) is 0 Å². The molecule has 0 amide bonds. The predicted molar refractivity (Wildman–Crippen MR) is 99.3 cm³/mol. The van der Waals surface area contributed by atoms with E-state index in [1.165, 1.54) is 0 Å². The normalized spacial score (nSPS) is 9.28. The van der Waals surface area contributed by atoms with E-state index in [0.717, 1.165) is 22.5 Å². The zero-order valence-electron chi connectivity index (χ0n) is 13.6. The first-order chi connectivity index (χ1) is 11.9. The van der Waals surface area contributed by atoms with Gasteiger partial charge in [0, 0.05) is 43.6 Å². The molecule has 125 valence electrons. The average Bonchev–Trinajstić information content (AvgIpc) is 2.71. The Hall–Kier alpha value is -2.61. The second-order valence-electron chi connectivity index (χ2n) is 5.16. The van der Waals surface area contributed by atoms with Crippen LogP contribution in [0.5, 0.6) is 0 Å². The van der Waals surface area contributed by atoms with Gasteiger partial charge in [0.05, 0.1) is 11.4 Å². The first-order valence-electron chi connectivity index (χ1n) is 7.86. The van der Waals surface area contributed by atoms with Crippen LogP contribution in [-0.4, -0.2) is 9.97 Å². The minimum atomic E-state index is 0. The van der Waals surface area contributed by atoms with Crippen LogP contribution in [0.25, 0.3) is 22.5 Å². The Morgan fingerprint density at radius 3 is 1.08 bits per heavy atom. The van der Waals surface area contributed by atoms with Crippen molar-refractivity contribution in [3.8, 4) is 22.5 Å². The molecule has 2 aromatic carbocycles. The van der Waals surface area contributed by atoms with Gasteiger partial charge in [-0.1, -0.05) is 72.8 Å². The summed E-state index contributed by atoms with van der Waals surface area (Å²) in [4.78, 5) is 8.50. The van der Waals surface area contributed by atoms with Crippen LogP contribution in [0.4, 0.5) is 0 Å². The van der Waals surface area contributed by atoms with Gasteiger partial charge in [-0.15, -0.1) is 0 Å². The minimum absolute atomic E-state index is 0. The van der Waals surface area contributed by atoms with Crippen molar-refractivity contribution in [3.05, 3.63) is 109 Å². The monoisotopic (exact) mass is 503 g/mol. The molecule has 3 heteroatoms. The van der Waals surface area contributed by atoms with Gasteiger partial charge in [-0.3, -0.25) is 9.97 Å². The third kappa shape index (κ3) is 5.75. The van der Waals surface area contributed by atoms with E-state index < -0.39 is 0 Å². The fraction of sp³-hybridized carbons (Fsp3) is 0. The smallest absolute Gasteiger partial charge is 0.0701 e. The minimum Gasteiger partial charge on any atom is -0.256 e. The topological polar surface area (TPSA) is 25.8 Å². The molecule has 1 radical (unpaired) electrons. The molecule has 0 bridgehead atoms. The quantitative estimate of drug-likeness (QED) is 0.362. The molecule has 0 aliphatic heterocycles. The van der Waals surface area contributed by atoms with Crippen molar-refractivity contribution < 1.29 is 20.1 Å². The molecule has 0 aliphatic rings. The number of nitrogens with zero attached hydrogens (tertiary/aromatic N) is 2. The summed E-state index contributed by atoms with van der Waals surface area (Å²) in [6.45, 7) is 0. The van der Waals surface area contributed by atoms with Crippen molar-refractivity contribution in [3.63, 3.8) is 0 Å². The Morgan fingerprint density at radius 1 is 0.400 bits per heavy atom. The summed E-state index contributed by atoms with van der Waals surface area (Å²) >= 11 is 0. The molecule has 2 aromatic heterocycles. The van der Waals surface area contributed by atoms with Crippen molar-refractivity contribution in [1.29, 1.82) is 0 Å². The predicted octanol–water partition coefficient (Wildman–Crippen LogP) is 5.49. The molecule has 0 N–H and O–H groups in total. The zero-order chi connectivity index (χ0) is 16.5. The third-order valence-electron chi connectivity index (χ3n) is 3.47. The maximum Gasteiger partial charge on any atom is 0.0701 e. The molecule has 25 heavy (non-hydrogen) atoms. The van der Waals surface area contributed by atoms with E-state index in [4.69, 9.17) is 0 Å². The molecular formula is C22H18IrN2. The summed E-state index contributed by atoms with van der Waals surface area (Å²) in [7, 11) is 0. The number of hydrogen-bond donors (Lipinski definition) is 0. The molecule has 4 aromatic rings. The molecule has 0 atom stereocenters. The van der Waals surface area contributed by atoms with E-state index >= 15 is 0 Å². The van der Waals surface area contributed by atoms with Crippen molar-refractivity contribution in [2.45, 2.75) is 0 Å². The Labute approximate surface area is 162 Å². The van der Waals surface area contributed by atoms with E-state index in [1.807, 2.05) is 85.2 Å². The first-order valence-corrected chi connectivity index (χ1v) is 7.86. The fourth-order valence-corrected chi connectivity index (χ4v) is 2.28. The van der Waals surface area contributed by atoms with Gasteiger partial charge in [0.1, 0.15) is 0 Å². The summed E-state index contributed by atoms with van der Waals surface area (Å²) in [6, 6.07) is 32.2. The fourth-order valence-electron chi connectivity index (χ4n) is 2.28. The Balaban J connectivity index is 0.000000173. The van der Waals surface area contributed by atoms with E-state index in [9.17, 15) is 0 Å². The van der Waals surface area contributed by atoms with Gasteiger partial charge in [-0.25, -0.2) is 0 Å². The number of pyridine rings is 2. The summed E-state index contributed by atoms with van der Waals surface area (Å²) in [5.74, 6) is 0. The van der Waals surface area contributed by atoms with E-state index in [-0.39, 0.29) is 20.1 Å². The van der Waals surface area contributed by atoms with Gasteiger partial charge < -0.3 is 0 Å². The van der Waals surface area contributed by atoms with Crippen molar-refractivity contribution >= 4 is 0 Å². The van der Waals surface area contributed by atoms with Crippen LogP contribution < -0.4 is 0 Å². The van der Waals surface area contributed by atoms with Crippen molar-refractivity contribution in [2.24, 2.45) is 0 Å². The Kier molecular flexibility index (Phi) is 7.71. The second-order valence-corrected chi connectivity index (χ2v) is 5.16. The van der Waals surface area contributed by atoms with Crippen LogP contribution in [0.2, 0.25) is 0 Å². The summed E-state index contributed by atoms with van der Waals surface area (Å²) < 4.78 is 0. The standard InChI is InChI=1S/2C11H9N.Ir/c2*1-2-6-10(7-3-1)11-8-4-5-9-12-11;/h2*1-9H;.